The van der Waals surface area contributed by atoms with E-state index in [0.29, 0.717) is 0 Å². The van der Waals surface area contributed by atoms with Crippen LogP contribution >= 0.6 is 0 Å². The number of carbonyl (C=O) groups is 5. The van der Waals surface area contributed by atoms with Gasteiger partial charge in [-0.25, -0.2) is 14.4 Å². The molecule has 3 aromatic rings. The molecule has 0 aliphatic carbocycles. The highest BCUT2D eigenvalue weighted by Crippen LogP contribution is 2.09. The number of nitrogens with one attached hydrogen (secondary N) is 2. The lowest BCUT2D eigenvalue weighted by Gasteiger charge is -2.20. The van der Waals surface area contributed by atoms with Gasteiger partial charge in [-0.3, -0.25) is 9.59 Å². The van der Waals surface area contributed by atoms with Gasteiger partial charge in [-0.2, -0.15) is 0 Å². The number of carbonyl (C=O) groups excluding carboxylic acids is 4. The molecule has 0 radical (unpaired) electrons. The van der Waals surface area contributed by atoms with Gasteiger partial charge in [0.2, 0.25) is 5.91 Å². The molecule has 43 heavy (non-hydrogen) atoms. The number of benzene rings is 3. The number of aliphatic carboxylic acids is 1. The summed E-state index contributed by atoms with van der Waals surface area (Å²) in [6.07, 6.45) is -1.92. The first-order valence-corrected chi connectivity index (χ1v) is 13.7. The Morgan fingerprint density at radius 3 is 1.40 bits per heavy atom. The van der Waals surface area contributed by atoms with Gasteiger partial charge in [-0.1, -0.05) is 91.0 Å². The molecule has 0 saturated heterocycles. The number of hydrogen-bond acceptors (Lipinski definition) is 8. The molecule has 2 atom stereocenters. The number of esters is 2. The molecule has 0 bridgehead atoms. The van der Waals surface area contributed by atoms with Crippen LogP contribution in [0.3, 0.4) is 0 Å². The van der Waals surface area contributed by atoms with Crippen LogP contribution in [0.2, 0.25) is 0 Å². The molecule has 0 aliphatic rings. The van der Waals surface area contributed by atoms with Crippen LogP contribution < -0.4 is 10.6 Å². The summed E-state index contributed by atoms with van der Waals surface area (Å²) in [7, 11) is 0. The van der Waals surface area contributed by atoms with Crippen LogP contribution in [0.15, 0.2) is 91.0 Å². The fraction of sp³-hybridized carbons (Fsp3) is 0.281. The Morgan fingerprint density at radius 2 is 0.953 bits per heavy atom. The van der Waals surface area contributed by atoms with Crippen LogP contribution in [0.25, 0.3) is 0 Å². The molecule has 0 aliphatic heterocycles. The van der Waals surface area contributed by atoms with Crippen molar-refractivity contribution in [3.63, 3.8) is 0 Å². The predicted molar refractivity (Wildman–Crippen MR) is 154 cm³/mol. The van der Waals surface area contributed by atoms with Gasteiger partial charge in [0.1, 0.15) is 31.9 Å². The van der Waals surface area contributed by atoms with Crippen LogP contribution in [0.4, 0.5) is 4.79 Å². The molecule has 3 aromatic carbocycles. The van der Waals surface area contributed by atoms with E-state index in [9.17, 15) is 24.0 Å². The molecule has 11 heteroatoms. The van der Waals surface area contributed by atoms with Gasteiger partial charge in [0, 0.05) is 12.8 Å². The largest absolute Gasteiger partial charge is 0.481 e. The SMILES string of the molecule is O=C(O)CC[C@H](NC(=O)CC[C@@H](NC(=O)OCc1ccccc1)C(=O)OCc1ccccc1)C(=O)OCc1ccccc1. The minimum Gasteiger partial charge on any atom is -0.481 e. The van der Waals surface area contributed by atoms with Crippen molar-refractivity contribution in [1.29, 1.82) is 0 Å². The van der Waals surface area contributed by atoms with E-state index in [4.69, 9.17) is 19.3 Å². The Labute approximate surface area is 249 Å². The molecule has 0 fully saturated rings. The second-order valence-corrected chi connectivity index (χ2v) is 9.54. The fourth-order valence-corrected chi connectivity index (χ4v) is 3.87. The molecule has 226 valence electrons. The summed E-state index contributed by atoms with van der Waals surface area (Å²) in [5.74, 6) is -3.36. The van der Waals surface area contributed by atoms with E-state index in [-0.39, 0.29) is 45.5 Å². The monoisotopic (exact) mass is 590 g/mol. The van der Waals surface area contributed by atoms with Gasteiger partial charge < -0.3 is 30.0 Å². The summed E-state index contributed by atoms with van der Waals surface area (Å²) in [6.45, 7) is -0.133. The number of carboxylic acid groups (broad SMARTS) is 1. The summed E-state index contributed by atoms with van der Waals surface area (Å²) in [4.78, 5) is 62.0. The van der Waals surface area contributed by atoms with Gasteiger partial charge in [-0.05, 0) is 29.5 Å². The Balaban J connectivity index is 1.59. The Hall–Kier alpha value is -5.19. The third-order valence-electron chi connectivity index (χ3n) is 6.16. The molecular formula is C32H34N2O9. The van der Waals surface area contributed by atoms with Crippen LogP contribution in [0.1, 0.15) is 42.4 Å². The van der Waals surface area contributed by atoms with E-state index in [1.807, 2.05) is 18.2 Å². The Morgan fingerprint density at radius 1 is 0.558 bits per heavy atom. The highest BCUT2D eigenvalue weighted by atomic mass is 16.6. The normalized spacial score (nSPS) is 11.8. The van der Waals surface area contributed by atoms with Gasteiger partial charge in [0.05, 0.1) is 0 Å². The van der Waals surface area contributed by atoms with Crippen molar-refractivity contribution in [3.05, 3.63) is 108 Å². The second kappa shape index (κ2) is 17.6. The van der Waals surface area contributed by atoms with Crippen molar-refractivity contribution in [1.82, 2.24) is 10.6 Å². The Kier molecular flexibility index (Phi) is 13.2. The van der Waals surface area contributed by atoms with Crippen LogP contribution in [-0.4, -0.2) is 47.1 Å². The molecule has 0 unspecified atom stereocenters. The van der Waals surface area contributed by atoms with E-state index in [0.717, 1.165) is 16.7 Å². The molecule has 11 nitrogen and oxygen atoms in total. The molecule has 3 N–H and O–H groups in total. The van der Waals surface area contributed by atoms with Crippen molar-refractivity contribution in [2.24, 2.45) is 0 Å². The maximum atomic E-state index is 12.9. The van der Waals surface area contributed by atoms with Crippen molar-refractivity contribution in [2.45, 2.75) is 57.6 Å². The molecule has 3 rings (SSSR count). The van der Waals surface area contributed by atoms with Crippen molar-refractivity contribution < 1.29 is 43.3 Å². The fourth-order valence-electron chi connectivity index (χ4n) is 3.87. The average molecular weight is 591 g/mol. The Bertz CT molecular complexity index is 1330. The molecule has 0 spiro atoms. The number of alkyl carbamates (subject to hydrolysis) is 1. The number of hydrogen-bond donors (Lipinski definition) is 3. The summed E-state index contributed by atoms with van der Waals surface area (Å²) >= 11 is 0. The van der Waals surface area contributed by atoms with E-state index in [1.54, 1.807) is 72.8 Å². The summed E-state index contributed by atoms with van der Waals surface area (Å²) in [5, 5.41) is 14.0. The molecule has 0 aromatic heterocycles. The summed E-state index contributed by atoms with van der Waals surface area (Å²) < 4.78 is 15.9. The zero-order valence-corrected chi connectivity index (χ0v) is 23.5. The minimum atomic E-state index is -1.24. The number of carboxylic acids is 1. The third kappa shape index (κ3) is 12.5. The van der Waals surface area contributed by atoms with Crippen molar-refractivity contribution in [3.8, 4) is 0 Å². The van der Waals surface area contributed by atoms with E-state index in [1.165, 1.54) is 0 Å². The minimum absolute atomic E-state index is 0.0324. The average Bonchev–Trinajstić information content (AvgIpc) is 3.03. The lowest BCUT2D eigenvalue weighted by Crippen LogP contribution is -2.45. The third-order valence-corrected chi connectivity index (χ3v) is 6.16. The lowest BCUT2D eigenvalue weighted by atomic mass is 10.1. The predicted octanol–water partition coefficient (Wildman–Crippen LogP) is 3.90. The maximum absolute atomic E-state index is 12.9. The van der Waals surface area contributed by atoms with Crippen molar-refractivity contribution in [2.75, 3.05) is 0 Å². The van der Waals surface area contributed by atoms with Gasteiger partial charge in [0.15, 0.2) is 0 Å². The molecule has 0 heterocycles. The van der Waals surface area contributed by atoms with E-state index < -0.39 is 42.0 Å². The molecule has 0 saturated carbocycles. The quantitative estimate of drug-likeness (QED) is 0.166. The van der Waals surface area contributed by atoms with Crippen molar-refractivity contribution >= 4 is 29.9 Å². The summed E-state index contributed by atoms with van der Waals surface area (Å²) in [5.41, 5.74) is 2.20. The first kappa shape index (κ1) is 32.3. The lowest BCUT2D eigenvalue weighted by molar-refractivity contribution is -0.150. The molecular weight excluding hydrogens is 556 g/mol. The highest BCUT2D eigenvalue weighted by molar-refractivity contribution is 5.86. The topological polar surface area (TPSA) is 157 Å². The van der Waals surface area contributed by atoms with Gasteiger partial charge in [-0.15, -0.1) is 0 Å². The van der Waals surface area contributed by atoms with Gasteiger partial charge >= 0.3 is 24.0 Å². The van der Waals surface area contributed by atoms with Crippen LogP contribution in [-0.2, 0) is 53.2 Å². The zero-order valence-electron chi connectivity index (χ0n) is 23.5. The van der Waals surface area contributed by atoms with E-state index >= 15 is 0 Å². The second-order valence-electron chi connectivity index (χ2n) is 9.54. The molecule has 2 amide bonds. The first-order chi connectivity index (χ1) is 20.8. The number of amides is 2. The first-order valence-electron chi connectivity index (χ1n) is 13.7. The van der Waals surface area contributed by atoms with Crippen LogP contribution in [0.5, 0.6) is 0 Å². The highest BCUT2D eigenvalue weighted by Gasteiger charge is 2.27. The number of ether oxygens (including phenoxy) is 3. The standard InChI is InChI=1S/C32H34N2O9/c35-28(33-26(17-19-29(36)37)30(38)41-20-23-10-4-1-5-11-23)18-16-27(31(39)42-21-24-12-6-2-7-13-24)34-32(40)43-22-25-14-8-3-9-15-25/h1-15,26-27H,16-22H2,(H,33,35)(H,34,40)(H,36,37)/t26-,27+/m0/s1. The summed E-state index contributed by atoms with van der Waals surface area (Å²) in [6, 6.07) is 24.3. The van der Waals surface area contributed by atoms with E-state index in [2.05, 4.69) is 10.6 Å². The smallest absolute Gasteiger partial charge is 0.408 e. The van der Waals surface area contributed by atoms with Gasteiger partial charge in [0.25, 0.3) is 0 Å². The number of rotatable bonds is 16. The zero-order chi connectivity index (χ0) is 30.9. The maximum Gasteiger partial charge on any atom is 0.408 e. The van der Waals surface area contributed by atoms with Crippen LogP contribution in [0, 0.1) is 0 Å².